The van der Waals surface area contributed by atoms with Crippen LogP contribution in [-0.2, 0) is 0 Å². The predicted molar refractivity (Wildman–Crippen MR) is 95.1 cm³/mol. The summed E-state index contributed by atoms with van der Waals surface area (Å²) in [5.74, 6) is -2.79. The van der Waals surface area contributed by atoms with Crippen molar-refractivity contribution in [3.8, 4) is 11.1 Å². The SMILES string of the molecule is C[C@H](NC(=O)c1cc(-c2ccc(F)c(F)c2)cc(C(O)C(F)(F)F)c1)c1nnc[nH]1. The largest absolute Gasteiger partial charge is 0.418 e. The molecule has 1 heterocycles. The van der Waals surface area contributed by atoms with Gasteiger partial charge in [0, 0.05) is 5.56 Å². The molecule has 0 bridgehead atoms. The van der Waals surface area contributed by atoms with Crippen LogP contribution in [0, 0.1) is 11.6 Å². The van der Waals surface area contributed by atoms with Gasteiger partial charge in [0.05, 0.1) is 6.04 Å². The van der Waals surface area contributed by atoms with Gasteiger partial charge >= 0.3 is 6.18 Å². The summed E-state index contributed by atoms with van der Waals surface area (Å²) in [6.07, 6.45) is -6.58. The Bertz CT molecular complexity index is 1050. The van der Waals surface area contributed by atoms with Crippen molar-refractivity contribution in [2.45, 2.75) is 25.2 Å². The number of nitrogens with one attached hydrogen (secondary N) is 2. The number of carbonyl (C=O) groups excluding carboxylic acids is 1. The quantitative estimate of drug-likeness (QED) is 0.541. The summed E-state index contributed by atoms with van der Waals surface area (Å²) < 4.78 is 65.9. The Balaban J connectivity index is 2.02. The molecule has 1 unspecified atom stereocenters. The highest BCUT2D eigenvalue weighted by atomic mass is 19.4. The molecule has 0 saturated heterocycles. The van der Waals surface area contributed by atoms with Crippen LogP contribution >= 0.6 is 0 Å². The Labute approximate surface area is 166 Å². The summed E-state index contributed by atoms with van der Waals surface area (Å²) in [6.45, 7) is 1.57. The molecule has 3 N–H and O–H groups in total. The topological polar surface area (TPSA) is 90.9 Å². The first-order chi connectivity index (χ1) is 14.1. The minimum absolute atomic E-state index is 0.00725. The van der Waals surface area contributed by atoms with E-state index in [9.17, 15) is 31.9 Å². The van der Waals surface area contributed by atoms with Crippen LogP contribution in [0.2, 0.25) is 0 Å². The summed E-state index contributed by atoms with van der Waals surface area (Å²) in [4.78, 5) is 15.3. The van der Waals surface area contributed by atoms with Crippen LogP contribution in [0.15, 0.2) is 42.7 Å². The Morgan fingerprint density at radius 3 is 2.43 bits per heavy atom. The smallest absolute Gasteiger partial charge is 0.379 e. The molecule has 2 aromatic carbocycles. The lowest BCUT2D eigenvalue weighted by Crippen LogP contribution is -2.28. The second kappa shape index (κ2) is 8.19. The van der Waals surface area contributed by atoms with Crippen molar-refractivity contribution in [3.05, 3.63) is 71.3 Å². The Kier molecular flexibility index (Phi) is 5.83. The highest BCUT2D eigenvalue weighted by Crippen LogP contribution is 2.35. The molecular formula is C19H15F5N4O2. The third-order valence-corrected chi connectivity index (χ3v) is 4.29. The van der Waals surface area contributed by atoms with Crippen molar-refractivity contribution in [2.75, 3.05) is 0 Å². The summed E-state index contributed by atoms with van der Waals surface area (Å²) in [7, 11) is 0. The molecule has 158 valence electrons. The highest BCUT2D eigenvalue weighted by Gasteiger charge is 2.39. The third-order valence-electron chi connectivity index (χ3n) is 4.29. The molecule has 0 aliphatic rings. The van der Waals surface area contributed by atoms with Gasteiger partial charge in [-0.2, -0.15) is 13.2 Å². The van der Waals surface area contributed by atoms with E-state index >= 15 is 0 Å². The van der Waals surface area contributed by atoms with Gasteiger partial charge in [0.15, 0.2) is 23.6 Å². The monoisotopic (exact) mass is 426 g/mol. The van der Waals surface area contributed by atoms with Crippen LogP contribution in [-0.4, -0.2) is 32.4 Å². The van der Waals surface area contributed by atoms with E-state index in [0.717, 1.165) is 30.3 Å². The number of alkyl halides is 3. The first kappa shape index (κ1) is 21.4. The lowest BCUT2D eigenvalue weighted by atomic mass is 9.96. The maximum absolute atomic E-state index is 13.6. The van der Waals surface area contributed by atoms with Crippen molar-refractivity contribution < 1.29 is 31.9 Å². The molecule has 0 fully saturated rings. The number of hydrogen-bond acceptors (Lipinski definition) is 4. The molecule has 0 aliphatic heterocycles. The molecule has 2 atom stereocenters. The zero-order valence-corrected chi connectivity index (χ0v) is 15.3. The van der Waals surface area contributed by atoms with Crippen LogP contribution in [0.25, 0.3) is 11.1 Å². The standard InChI is InChI=1S/C19H15F5N4O2/c1-9(17-25-8-26-28-17)27-18(30)13-5-11(10-2-3-14(20)15(21)7-10)4-12(6-13)16(29)19(22,23)24/h2-9,16,29H,1H3,(H,27,30)(H,25,26,28)/t9-,16?/m0/s1. The summed E-state index contributed by atoms with van der Waals surface area (Å²) >= 11 is 0. The van der Waals surface area contributed by atoms with Gasteiger partial charge in [0.2, 0.25) is 0 Å². The predicted octanol–water partition coefficient (Wildman–Crippen LogP) is 3.84. The Morgan fingerprint density at radius 2 is 1.83 bits per heavy atom. The van der Waals surface area contributed by atoms with Crippen LogP contribution in [0.5, 0.6) is 0 Å². The average molecular weight is 426 g/mol. The first-order valence-corrected chi connectivity index (χ1v) is 8.58. The van der Waals surface area contributed by atoms with E-state index in [4.69, 9.17) is 0 Å². The summed E-state index contributed by atoms with van der Waals surface area (Å²) in [5, 5.41) is 19.5. The van der Waals surface area contributed by atoms with Crippen molar-refractivity contribution in [3.63, 3.8) is 0 Å². The molecule has 0 aliphatic carbocycles. The zero-order chi connectivity index (χ0) is 22.1. The van der Waals surface area contributed by atoms with Gasteiger partial charge in [0.25, 0.3) is 5.91 Å². The number of carbonyl (C=O) groups is 1. The van der Waals surface area contributed by atoms with Crippen molar-refractivity contribution >= 4 is 5.91 Å². The fourth-order valence-corrected chi connectivity index (χ4v) is 2.75. The fraction of sp³-hybridized carbons (Fsp3) is 0.211. The number of aliphatic hydroxyl groups is 1. The number of hydrogen-bond donors (Lipinski definition) is 3. The third kappa shape index (κ3) is 4.62. The number of benzene rings is 2. The van der Waals surface area contributed by atoms with Crippen LogP contribution < -0.4 is 5.32 Å². The van der Waals surface area contributed by atoms with E-state index < -0.39 is 41.4 Å². The van der Waals surface area contributed by atoms with Gasteiger partial charge in [-0.25, -0.2) is 8.78 Å². The fourth-order valence-electron chi connectivity index (χ4n) is 2.75. The minimum atomic E-state index is -4.99. The first-order valence-electron chi connectivity index (χ1n) is 8.58. The van der Waals surface area contributed by atoms with Crippen molar-refractivity contribution in [1.29, 1.82) is 0 Å². The number of halogens is 5. The second-order valence-electron chi connectivity index (χ2n) is 6.49. The molecule has 0 radical (unpaired) electrons. The van der Waals surface area contributed by atoms with E-state index in [1.807, 2.05) is 0 Å². The van der Waals surface area contributed by atoms with Gasteiger partial charge in [-0.15, -0.1) is 10.2 Å². The van der Waals surface area contributed by atoms with Crippen molar-refractivity contribution in [2.24, 2.45) is 0 Å². The number of H-pyrrole nitrogens is 1. The summed E-state index contributed by atoms with van der Waals surface area (Å²) in [6, 6.07) is 5.14. The number of amides is 1. The normalized spacial score (nSPS) is 13.7. The number of aromatic amines is 1. The molecule has 11 heteroatoms. The number of aromatic nitrogens is 3. The molecule has 6 nitrogen and oxygen atoms in total. The van der Waals surface area contributed by atoms with E-state index in [2.05, 4.69) is 20.5 Å². The average Bonchev–Trinajstić information content (AvgIpc) is 3.23. The molecule has 3 aromatic rings. The van der Waals surface area contributed by atoms with Gasteiger partial charge in [-0.3, -0.25) is 4.79 Å². The van der Waals surface area contributed by atoms with Crippen LogP contribution in [0.1, 0.15) is 40.8 Å². The molecule has 30 heavy (non-hydrogen) atoms. The van der Waals surface area contributed by atoms with Crippen LogP contribution in [0.3, 0.4) is 0 Å². The van der Waals surface area contributed by atoms with Crippen molar-refractivity contribution in [1.82, 2.24) is 20.5 Å². The maximum Gasteiger partial charge on any atom is 0.418 e. The number of nitrogens with zero attached hydrogens (tertiary/aromatic N) is 2. The lowest BCUT2D eigenvalue weighted by molar-refractivity contribution is -0.206. The van der Waals surface area contributed by atoms with E-state index in [1.54, 1.807) is 6.92 Å². The highest BCUT2D eigenvalue weighted by molar-refractivity contribution is 5.96. The molecule has 0 spiro atoms. The Hall–Kier alpha value is -3.34. The Morgan fingerprint density at radius 1 is 1.10 bits per heavy atom. The molecule has 1 aromatic heterocycles. The molecule has 1 amide bonds. The second-order valence-corrected chi connectivity index (χ2v) is 6.49. The van der Waals surface area contributed by atoms with Crippen LogP contribution in [0.4, 0.5) is 22.0 Å². The minimum Gasteiger partial charge on any atom is -0.379 e. The zero-order valence-electron chi connectivity index (χ0n) is 15.3. The molecular weight excluding hydrogens is 411 g/mol. The molecule has 0 saturated carbocycles. The van der Waals surface area contributed by atoms with Gasteiger partial charge in [-0.05, 0) is 53.9 Å². The number of aliphatic hydroxyl groups excluding tert-OH is 1. The maximum atomic E-state index is 13.6. The van der Waals surface area contributed by atoms with E-state index in [-0.39, 0.29) is 16.7 Å². The lowest BCUT2D eigenvalue weighted by Gasteiger charge is -2.18. The van der Waals surface area contributed by atoms with E-state index in [1.165, 1.54) is 12.4 Å². The summed E-state index contributed by atoms with van der Waals surface area (Å²) in [5.41, 5.74) is -0.821. The molecule has 3 rings (SSSR count). The van der Waals surface area contributed by atoms with Gasteiger partial charge in [0.1, 0.15) is 6.33 Å². The van der Waals surface area contributed by atoms with Gasteiger partial charge < -0.3 is 15.4 Å². The van der Waals surface area contributed by atoms with Gasteiger partial charge in [-0.1, -0.05) is 6.07 Å². The number of rotatable bonds is 5. The van der Waals surface area contributed by atoms with E-state index in [0.29, 0.717) is 5.82 Å².